The zero-order valence-electron chi connectivity index (χ0n) is 12.8. The average molecular weight is 352 g/mol. The predicted molar refractivity (Wildman–Crippen MR) is 88.1 cm³/mol. The van der Waals surface area contributed by atoms with E-state index in [0.717, 1.165) is 40.4 Å². The second kappa shape index (κ2) is 7.18. The van der Waals surface area contributed by atoms with E-state index in [1.165, 1.54) is 0 Å². The standard InChI is InChI=1S/C16H22BrN3O/c1-4-5-6-13(18)9-14-19-16(20-21-14)12-7-10(2)15(17)11(3)8-12/h7-8,13H,4-6,9,18H2,1-3H3/t13-/m1/s1. The molecule has 0 unspecified atom stereocenters. The van der Waals surface area contributed by atoms with Crippen LogP contribution in [0.4, 0.5) is 0 Å². The first-order valence-electron chi connectivity index (χ1n) is 7.36. The molecular formula is C16H22BrN3O. The largest absolute Gasteiger partial charge is 0.339 e. The van der Waals surface area contributed by atoms with Crippen molar-refractivity contribution >= 4 is 15.9 Å². The molecule has 0 aliphatic rings. The van der Waals surface area contributed by atoms with E-state index in [1.54, 1.807) is 0 Å². The Kier molecular flexibility index (Phi) is 5.53. The maximum absolute atomic E-state index is 6.07. The summed E-state index contributed by atoms with van der Waals surface area (Å²) in [6.07, 6.45) is 3.92. The van der Waals surface area contributed by atoms with Crippen molar-refractivity contribution in [3.8, 4) is 11.4 Å². The number of hydrogen-bond donors (Lipinski definition) is 1. The fraction of sp³-hybridized carbons (Fsp3) is 0.500. The highest BCUT2D eigenvalue weighted by atomic mass is 79.9. The smallest absolute Gasteiger partial charge is 0.228 e. The summed E-state index contributed by atoms with van der Waals surface area (Å²) in [7, 11) is 0. The SMILES string of the molecule is CCCC[C@@H](N)Cc1nc(-c2cc(C)c(Br)c(C)c2)no1. The minimum absolute atomic E-state index is 0.0895. The lowest BCUT2D eigenvalue weighted by molar-refractivity contribution is 0.365. The molecule has 21 heavy (non-hydrogen) atoms. The van der Waals surface area contributed by atoms with Gasteiger partial charge >= 0.3 is 0 Å². The number of unbranched alkanes of at least 4 members (excludes halogenated alkanes) is 1. The Bertz CT molecular complexity index is 586. The van der Waals surface area contributed by atoms with Gasteiger partial charge in [-0.15, -0.1) is 0 Å². The normalized spacial score (nSPS) is 12.6. The summed E-state index contributed by atoms with van der Waals surface area (Å²) >= 11 is 3.57. The van der Waals surface area contributed by atoms with Gasteiger partial charge in [-0.3, -0.25) is 0 Å². The van der Waals surface area contributed by atoms with E-state index in [2.05, 4.69) is 59.0 Å². The van der Waals surface area contributed by atoms with Gasteiger partial charge in [0.15, 0.2) is 0 Å². The monoisotopic (exact) mass is 351 g/mol. The molecule has 0 amide bonds. The highest BCUT2D eigenvalue weighted by Gasteiger charge is 2.13. The third-order valence-corrected chi connectivity index (χ3v) is 4.78. The molecule has 2 aromatic rings. The molecule has 0 spiro atoms. The van der Waals surface area contributed by atoms with E-state index in [4.69, 9.17) is 10.3 Å². The first kappa shape index (κ1) is 16.2. The summed E-state index contributed by atoms with van der Waals surface area (Å²) in [5, 5.41) is 4.07. The van der Waals surface area contributed by atoms with Gasteiger partial charge in [0.2, 0.25) is 11.7 Å². The molecule has 0 bridgehead atoms. The highest BCUT2D eigenvalue weighted by molar-refractivity contribution is 9.10. The molecule has 0 saturated carbocycles. The van der Waals surface area contributed by atoms with Crippen LogP contribution in [-0.4, -0.2) is 16.2 Å². The summed E-state index contributed by atoms with van der Waals surface area (Å²) in [6.45, 7) is 6.28. The second-order valence-corrected chi connectivity index (χ2v) is 6.34. The minimum atomic E-state index is 0.0895. The summed E-state index contributed by atoms with van der Waals surface area (Å²) in [5.41, 5.74) is 9.38. The quantitative estimate of drug-likeness (QED) is 0.847. The first-order valence-corrected chi connectivity index (χ1v) is 8.15. The second-order valence-electron chi connectivity index (χ2n) is 5.54. The number of nitrogens with two attached hydrogens (primary N) is 1. The molecule has 2 rings (SSSR count). The van der Waals surface area contributed by atoms with Crippen LogP contribution in [0.3, 0.4) is 0 Å². The van der Waals surface area contributed by atoms with Crippen molar-refractivity contribution in [1.82, 2.24) is 10.1 Å². The third-order valence-electron chi connectivity index (χ3n) is 3.53. The van der Waals surface area contributed by atoms with E-state index in [9.17, 15) is 0 Å². The lowest BCUT2D eigenvalue weighted by Crippen LogP contribution is -2.22. The van der Waals surface area contributed by atoms with Gasteiger partial charge in [-0.2, -0.15) is 4.98 Å². The minimum Gasteiger partial charge on any atom is -0.339 e. The lowest BCUT2D eigenvalue weighted by Gasteiger charge is -2.06. The van der Waals surface area contributed by atoms with Crippen LogP contribution in [0, 0.1) is 13.8 Å². The molecule has 1 aromatic heterocycles. The Balaban J connectivity index is 2.13. The summed E-state index contributed by atoms with van der Waals surface area (Å²) in [4.78, 5) is 4.47. The van der Waals surface area contributed by atoms with Crippen molar-refractivity contribution < 1.29 is 4.52 Å². The highest BCUT2D eigenvalue weighted by Crippen LogP contribution is 2.27. The Morgan fingerprint density at radius 3 is 2.57 bits per heavy atom. The molecule has 1 heterocycles. The van der Waals surface area contributed by atoms with Crippen LogP contribution < -0.4 is 5.73 Å². The summed E-state index contributed by atoms with van der Waals surface area (Å²) < 4.78 is 6.45. The van der Waals surface area contributed by atoms with Crippen LogP contribution in [0.5, 0.6) is 0 Å². The van der Waals surface area contributed by atoms with Gasteiger partial charge in [0, 0.05) is 22.5 Å². The van der Waals surface area contributed by atoms with E-state index >= 15 is 0 Å². The molecule has 1 aromatic carbocycles. The van der Waals surface area contributed by atoms with Crippen LogP contribution in [0.1, 0.15) is 43.2 Å². The Morgan fingerprint density at radius 1 is 1.29 bits per heavy atom. The van der Waals surface area contributed by atoms with Gasteiger partial charge in [-0.1, -0.05) is 40.9 Å². The van der Waals surface area contributed by atoms with E-state index in [0.29, 0.717) is 18.1 Å². The topological polar surface area (TPSA) is 64.9 Å². The number of aryl methyl sites for hydroxylation is 2. The molecule has 4 nitrogen and oxygen atoms in total. The van der Waals surface area contributed by atoms with E-state index in [1.807, 2.05) is 0 Å². The average Bonchev–Trinajstić information content (AvgIpc) is 2.90. The molecule has 0 aliphatic heterocycles. The molecular weight excluding hydrogens is 330 g/mol. The lowest BCUT2D eigenvalue weighted by atomic mass is 10.1. The van der Waals surface area contributed by atoms with Crippen LogP contribution in [0.25, 0.3) is 11.4 Å². The van der Waals surface area contributed by atoms with Crippen molar-refractivity contribution in [3.63, 3.8) is 0 Å². The molecule has 2 N–H and O–H groups in total. The fourth-order valence-corrected chi connectivity index (χ4v) is 2.55. The zero-order valence-corrected chi connectivity index (χ0v) is 14.4. The molecule has 0 fully saturated rings. The summed E-state index contributed by atoms with van der Waals surface area (Å²) in [6, 6.07) is 4.21. The molecule has 0 aliphatic carbocycles. The van der Waals surface area contributed by atoms with Crippen molar-refractivity contribution in [2.75, 3.05) is 0 Å². The molecule has 0 saturated heterocycles. The number of hydrogen-bond acceptors (Lipinski definition) is 4. The number of halogens is 1. The van der Waals surface area contributed by atoms with Gasteiger partial charge in [0.05, 0.1) is 0 Å². The van der Waals surface area contributed by atoms with Gasteiger partial charge in [-0.05, 0) is 43.5 Å². The number of benzene rings is 1. The zero-order chi connectivity index (χ0) is 15.4. The van der Waals surface area contributed by atoms with Crippen molar-refractivity contribution in [2.45, 2.75) is 52.5 Å². The van der Waals surface area contributed by atoms with Gasteiger partial charge in [-0.25, -0.2) is 0 Å². The van der Waals surface area contributed by atoms with E-state index in [-0.39, 0.29) is 6.04 Å². The van der Waals surface area contributed by atoms with Crippen molar-refractivity contribution in [1.29, 1.82) is 0 Å². The molecule has 0 radical (unpaired) electrons. The Hall–Kier alpha value is -1.20. The Morgan fingerprint density at radius 2 is 1.95 bits per heavy atom. The summed E-state index contributed by atoms with van der Waals surface area (Å²) in [5.74, 6) is 1.25. The molecule has 114 valence electrons. The predicted octanol–water partition coefficient (Wildman–Crippen LogP) is 4.18. The maximum Gasteiger partial charge on any atom is 0.228 e. The van der Waals surface area contributed by atoms with Gasteiger partial charge in [0.1, 0.15) is 0 Å². The van der Waals surface area contributed by atoms with Crippen molar-refractivity contribution in [2.24, 2.45) is 5.73 Å². The van der Waals surface area contributed by atoms with Gasteiger partial charge < -0.3 is 10.3 Å². The molecule has 5 heteroatoms. The number of nitrogens with zero attached hydrogens (tertiary/aromatic N) is 2. The third kappa shape index (κ3) is 4.14. The van der Waals surface area contributed by atoms with Crippen molar-refractivity contribution in [3.05, 3.63) is 33.6 Å². The first-order chi connectivity index (χ1) is 10.0. The van der Waals surface area contributed by atoms with Crippen LogP contribution in [0.15, 0.2) is 21.1 Å². The molecule has 1 atom stereocenters. The maximum atomic E-state index is 6.07. The van der Waals surface area contributed by atoms with Gasteiger partial charge in [0.25, 0.3) is 0 Å². The van der Waals surface area contributed by atoms with Crippen LogP contribution in [0.2, 0.25) is 0 Å². The number of rotatable bonds is 6. The van der Waals surface area contributed by atoms with Crippen LogP contribution >= 0.6 is 15.9 Å². The van der Waals surface area contributed by atoms with Crippen LogP contribution in [-0.2, 0) is 6.42 Å². The number of aromatic nitrogens is 2. The van der Waals surface area contributed by atoms with E-state index < -0.39 is 0 Å². The fourth-order valence-electron chi connectivity index (χ4n) is 2.32. The Labute approximate surface area is 134 Å².